The highest BCUT2D eigenvalue weighted by molar-refractivity contribution is 9.13. The van der Waals surface area contributed by atoms with Gasteiger partial charge in [-0.05, 0) is 31.9 Å². The highest BCUT2D eigenvalue weighted by Gasteiger charge is 2.04. The summed E-state index contributed by atoms with van der Waals surface area (Å²) in [6.07, 6.45) is 3.28. The zero-order valence-corrected chi connectivity index (χ0v) is 13.2. The van der Waals surface area contributed by atoms with Gasteiger partial charge in [0.25, 0.3) is 0 Å². The molecule has 100 valence electrons. The van der Waals surface area contributed by atoms with E-state index in [4.69, 9.17) is 4.42 Å². The lowest BCUT2D eigenvalue weighted by molar-refractivity contribution is 0.533. The molecule has 0 radical (unpaired) electrons. The van der Waals surface area contributed by atoms with E-state index in [1.807, 2.05) is 30.3 Å². The van der Waals surface area contributed by atoms with E-state index in [-0.39, 0.29) is 0 Å². The van der Waals surface area contributed by atoms with Crippen LogP contribution in [0, 0.1) is 0 Å². The molecule has 1 N–H and O–H groups in total. The number of hydrogen-bond donors (Lipinski definition) is 1. The van der Waals surface area contributed by atoms with Crippen LogP contribution in [0.15, 0.2) is 55.2 Å². The maximum absolute atomic E-state index is 5.38. The average Bonchev–Trinajstić information content (AvgIpc) is 2.78. The summed E-state index contributed by atoms with van der Waals surface area (Å²) in [5.74, 6) is 1.22. The van der Waals surface area contributed by atoms with Gasteiger partial charge in [0.2, 0.25) is 0 Å². The van der Waals surface area contributed by atoms with E-state index in [1.165, 1.54) is 0 Å². The van der Waals surface area contributed by atoms with Crippen molar-refractivity contribution in [1.82, 2.24) is 10.2 Å². The Bertz CT molecular complexity index is 760. The molecule has 0 fully saturated rings. The summed E-state index contributed by atoms with van der Waals surface area (Å²) < 4.78 is 6.85. The molecule has 2 aromatic heterocycles. The second-order valence-electron chi connectivity index (χ2n) is 3.92. The SMILES string of the molecule is Brc1cc(/C=N/Nc2nncc3ccccc23)oc1Br. The average molecular weight is 396 g/mol. The number of hydrogen-bond acceptors (Lipinski definition) is 5. The van der Waals surface area contributed by atoms with Crippen molar-refractivity contribution >= 4 is 54.7 Å². The maximum atomic E-state index is 5.38. The summed E-state index contributed by atoms with van der Waals surface area (Å²) in [7, 11) is 0. The molecule has 0 amide bonds. The zero-order chi connectivity index (χ0) is 13.9. The molecule has 0 aliphatic rings. The third kappa shape index (κ3) is 2.73. The summed E-state index contributed by atoms with van der Waals surface area (Å²) >= 11 is 6.61. The quantitative estimate of drug-likeness (QED) is 0.533. The number of halogens is 2. The lowest BCUT2D eigenvalue weighted by atomic mass is 10.2. The van der Waals surface area contributed by atoms with E-state index in [0.29, 0.717) is 16.2 Å². The van der Waals surface area contributed by atoms with Gasteiger partial charge in [0.05, 0.1) is 16.9 Å². The van der Waals surface area contributed by atoms with Crippen molar-refractivity contribution in [1.29, 1.82) is 0 Å². The first-order valence-corrected chi connectivity index (χ1v) is 7.27. The molecule has 0 unspecified atom stereocenters. The number of anilines is 1. The van der Waals surface area contributed by atoms with Crippen LogP contribution >= 0.6 is 31.9 Å². The lowest BCUT2D eigenvalue weighted by Gasteiger charge is -2.02. The molecule has 3 aromatic rings. The molecule has 2 heterocycles. The highest BCUT2D eigenvalue weighted by atomic mass is 79.9. The van der Waals surface area contributed by atoms with Gasteiger partial charge in [0.15, 0.2) is 10.5 Å². The molecule has 20 heavy (non-hydrogen) atoms. The van der Waals surface area contributed by atoms with Gasteiger partial charge in [0, 0.05) is 16.8 Å². The molecule has 5 nitrogen and oxygen atoms in total. The van der Waals surface area contributed by atoms with Crippen molar-refractivity contribution in [2.24, 2.45) is 5.10 Å². The molecule has 0 atom stereocenters. The fourth-order valence-electron chi connectivity index (χ4n) is 1.69. The Hall–Kier alpha value is -1.73. The summed E-state index contributed by atoms with van der Waals surface area (Å²) in [6.45, 7) is 0. The third-order valence-corrected chi connectivity index (χ3v) is 4.31. The van der Waals surface area contributed by atoms with Gasteiger partial charge >= 0.3 is 0 Å². The molecule has 0 spiro atoms. The van der Waals surface area contributed by atoms with Gasteiger partial charge < -0.3 is 4.42 Å². The maximum Gasteiger partial charge on any atom is 0.184 e. The Morgan fingerprint density at radius 1 is 1.25 bits per heavy atom. The van der Waals surface area contributed by atoms with Gasteiger partial charge in [0.1, 0.15) is 5.76 Å². The fourth-order valence-corrected chi connectivity index (χ4v) is 2.30. The smallest absolute Gasteiger partial charge is 0.184 e. The molecule has 0 aliphatic heterocycles. The number of fused-ring (bicyclic) bond motifs is 1. The number of nitrogens with one attached hydrogen (secondary N) is 1. The van der Waals surface area contributed by atoms with E-state index in [2.05, 4.69) is 52.6 Å². The molecule has 0 bridgehead atoms. The number of nitrogens with zero attached hydrogens (tertiary/aromatic N) is 3. The normalized spacial score (nSPS) is 11.3. The first-order valence-electron chi connectivity index (χ1n) is 5.68. The Labute approximate surface area is 131 Å². The monoisotopic (exact) mass is 394 g/mol. The van der Waals surface area contributed by atoms with Crippen LogP contribution in [0.2, 0.25) is 0 Å². The number of benzene rings is 1. The summed E-state index contributed by atoms with van der Waals surface area (Å²) in [5.41, 5.74) is 2.87. The second kappa shape index (κ2) is 5.72. The standard InChI is InChI=1S/C13H8Br2N4O/c14-11-5-9(20-12(11)15)7-17-19-13-10-4-2-1-3-8(10)6-16-18-13/h1-7H,(H,18,19)/b17-7+. The second-order valence-corrected chi connectivity index (χ2v) is 5.50. The van der Waals surface area contributed by atoms with E-state index in [9.17, 15) is 0 Å². The number of aromatic nitrogens is 2. The van der Waals surface area contributed by atoms with Crippen molar-refractivity contribution < 1.29 is 4.42 Å². The van der Waals surface area contributed by atoms with Crippen molar-refractivity contribution in [2.75, 3.05) is 5.43 Å². The van der Waals surface area contributed by atoms with Gasteiger partial charge in [-0.3, -0.25) is 5.43 Å². The van der Waals surface area contributed by atoms with Crippen LogP contribution in [0.1, 0.15) is 5.76 Å². The van der Waals surface area contributed by atoms with Crippen LogP contribution < -0.4 is 5.43 Å². The van der Waals surface area contributed by atoms with Crippen molar-refractivity contribution in [3.8, 4) is 0 Å². The highest BCUT2D eigenvalue weighted by Crippen LogP contribution is 2.26. The molecule has 3 rings (SSSR count). The van der Waals surface area contributed by atoms with Crippen molar-refractivity contribution in [3.63, 3.8) is 0 Å². The Morgan fingerprint density at radius 2 is 2.10 bits per heavy atom. The van der Waals surface area contributed by atoms with Crippen molar-refractivity contribution in [3.05, 3.63) is 51.4 Å². The summed E-state index contributed by atoms with van der Waals surface area (Å²) in [5, 5.41) is 14.0. The van der Waals surface area contributed by atoms with Crippen molar-refractivity contribution in [2.45, 2.75) is 0 Å². The van der Waals surface area contributed by atoms with E-state index in [0.717, 1.165) is 15.2 Å². The molecular formula is C13H8Br2N4O. The van der Waals surface area contributed by atoms with Crippen LogP contribution in [0.3, 0.4) is 0 Å². The van der Waals surface area contributed by atoms with Crippen LogP contribution in [0.5, 0.6) is 0 Å². The molecular weight excluding hydrogens is 388 g/mol. The number of rotatable bonds is 3. The Morgan fingerprint density at radius 3 is 2.90 bits per heavy atom. The van der Waals surface area contributed by atoms with Gasteiger partial charge in [-0.2, -0.15) is 10.2 Å². The fraction of sp³-hybridized carbons (Fsp3) is 0. The first-order chi connectivity index (χ1) is 9.74. The minimum Gasteiger partial charge on any atom is -0.447 e. The summed E-state index contributed by atoms with van der Waals surface area (Å²) in [6, 6.07) is 9.64. The lowest BCUT2D eigenvalue weighted by Crippen LogP contribution is -1.96. The Kier molecular flexibility index (Phi) is 3.79. The van der Waals surface area contributed by atoms with E-state index >= 15 is 0 Å². The minimum atomic E-state index is 0.601. The first kappa shape index (κ1) is 13.3. The number of furan rings is 1. The topological polar surface area (TPSA) is 63.3 Å². The van der Waals surface area contributed by atoms with Crippen LogP contribution in [-0.2, 0) is 0 Å². The molecule has 0 saturated heterocycles. The minimum absolute atomic E-state index is 0.601. The predicted molar refractivity (Wildman–Crippen MR) is 84.9 cm³/mol. The van der Waals surface area contributed by atoms with E-state index in [1.54, 1.807) is 12.4 Å². The van der Waals surface area contributed by atoms with Crippen LogP contribution in [0.25, 0.3) is 10.8 Å². The van der Waals surface area contributed by atoms with Gasteiger partial charge in [-0.15, -0.1) is 5.10 Å². The zero-order valence-electron chi connectivity index (χ0n) is 10.0. The van der Waals surface area contributed by atoms with Gasteiger partial charge in [-0.25, -0.2) is 0 Å². The van der Waals surface area contributed by atoms with Crippen LogP contribution in [-0.4, -0.2) is 16.4 Å². The number of hydrazone groups is 1. The van der Waals surface area contributed by atoms with E-state index < -0.39 is 0 Å². The molecule has 0 saturated carbocycles. The largest absolute Gasteiger partial charge is 0.447 e. The van der Waals surface area contributed by atoms with Crippen LogP contribution in [0.4, 0.5) is 5.82 Å². The molecule has 1 aromatic carbocycles. The molecule has 0 aliphatic carbocycles. The van der Waals surface area contributed by atoms with Gasteiger partial charge in [-0.1, -0.05) is 24.3 Å². The third-order valence-electron chi connectivity index (χ3n) is 2.60. The molecule has 7 heteroatoms. The predicted octanol–water partition coefficient (Wildman–Crippen LogP) is 4.19. The Balaban J connectivity index is 1.83. The summed E-state index contributed by atoms with van der Waals surface area (Å²) in [4.78, 5) is 0.